The molecular weight excluding hydrogens is 294 g/mol. The van der Waals surface area contributed by atoms with E-state index in [0.717, 1.165) is 20.6 Å². The number of rotatable bonds is 4. The minimum absolute atomic E-state index is 0.0785. The molecule has 2 aromatic rings. The second-order valence-electron chi connectivity index (χ2n) is 3.38. The molecule has 0 radical (unpaired) electrons. The summed E-state index contributed by atoms with van der Waals surface area (Å²) in [5.41, 5.74) is 5.84. The number of hydrogen-bond acceptors (Lipinski definition) is 8. The number of aliphatic hydroxyl groups excluding tert-OH is 2. The second-order valence-corrected chi connectivity index (χ2v) is 3.38. The van der Waals surface area contributed by atoms with Crippen LogP contribution in [0.3, 0.4) is 0 Å². The van der Waals surface area contributed by atoms with Gasteiger partial charge in [0.25, 0.3) is 5.56 Å². The largest absolute Gasteiger partial charge is 0.400 e. The summed E-state index contributed by atoms with van der Waals surface area (Å²) in [7, 11) is 2.00. The SMILES string of the molecule is C=O.CCCOCn1cnc2c(=O)[nH]c(N)nc21.CO.CO. The van der Waals surface area contributed by atoms with E-state index in [1.807, 2.05) is 13.7 Å². The topological polar surface area (TPSA) is 156 Å². The Morgan fingerprint density at radius 1 is 1.36 bits per heavy atom. The number of aromatic nitrogens is 4. The van der Waals surface area contributed by atoms with Gasteiger partial charge in [-0.1, -0.05) is 6.92 Å². The predicted octanol–water partition coefficient (Wildman–Crippen LogP) is -0.882. The van der Waals surface area contributed by atoms with Gasteiger partial charge in [0.15, 0.2) is 11.2 Å². The summed E-state index contributed by atoms with van der Waals surface area (Å²) in [4.78, 5) is 29.8. The molecule has 0 unspecified atom stereocenters. The summed E-state index contributed by atoms with van der Waals surface area (Å²) in [6.45, 7) is 4.99. The normalized spacial score (nSPS) is 8.77. The van der Waals surface area contributed by atoms with Crippen LogP contribution in [0.5, 0.6) is 0 Å². The Morgan fingerprint density at radius 2 is 1.95 bits per heavy atom. The molecular formula is C12H23N5O5. The van der Waals surface area contributed by atoms with Crippen molar-refractivity contribution in [1.82, 2.24) is 19.5 Å². The Morgan fingerprint density at radius 3 is 2.50 bits per heavy atom. The summed E-state index contributed by atoms with van der Waals surface area (Å²) in [6.07, 6.45) is 2.45. The van der Waals surface area contributed by atoms with Crippen LogP contribution in [0.1, 0.15) is 13.3 Å². The van der Waals surface area contributed by atoms with Gasteiger partial charge in [0, 0.05) is 20.8 Å². The maximum Gasteiger partial charge on any atom is 0.280 e. The van der Waals surface area contributed by atoms with E-state index in [0.29, 0.717) is 19.0 Å². The van der Waals surface area contributed by atoms with Gasteiger partial charge in [0.05, 0.1) is 6.33 Å². The molecule has 0 amide bonds. The fourth-order valence-electron chi connectivity index (χ4n) is 1.37. The highest BCUT2D eigenvalue weighted by Crippen LogP contribution is 2.06. The zero-order valence-electron chi connectivity index (χ0n) is 12.9. The summed E-state index contributed by atoms with van der Waals surface area (Å²) in [5, 5.41) is 14.0. The number of nitrogen functional groups attached to an aromatic ring is 1. The van der Waals surface area contributed by atoms with Gasteiger partial charge in [-0.3, -0.25) is 14.3 Å². The lowest BCUT2D eigenvalue weighted by atomic mass is 10.5. The minimum Gasteiger partial charge on any atom is -0.400 e. The van der Waals surface area contributed by atoms with Crippen molar-refractivity contribution in [3.8, 4) is 0 Å². The van der Waals surface area contributed by atoms with Crippen molar-refractivity contribution in [2.45, 2.75) is 20.1 Å². The number of H-pyrrole nitrogens is 1. The van der Waals surface area contributed by atoms with E-state index >= 15 is 0 Å². The number of carbonyl (C=O) groups excluding carboxylic acids is 1. The molecule has 22 heavy (non-hydrogen) atoms. The van der Waals surface area contributed by atoms with Crippen molar-refractivity contribution < 1.29 is 19.7 Å². The molecule has 0 aliphatic rings. The van der Waals surface area contributed by atoms with E-state index < -0.39 is 0 Å². The van der Waals surface area contributed by atoms with Crippen LogP contribution in [-0.2, 0) is 16.3 Å². The van der Waals surface area contributed by atoms with Gasteiger partial charge in [-0.2, -0.15) is 4.98 Å². The molecule has 10 nitrogen and oxygen atoms in total. The predicted molar refractivity (Wildman–Crippen MR) is 82.2 cm³/mol. The first-order chi connectivity index (χ1) is 10.7. The monoisotopic (exact) mass is 317 g/mol. The molecule has 0 aliphatic carbocycles. The van der Waals surface area contributed by atoms with Gasteiger partial charge >= 0.3 is 0 Å². The van der Waals surface area contributed by atoms with E-state index in [1.165, 1.54) is 6.33 Å². The maximum absolute atomic E-state index is 11.5. The third-order valence-corrected chi connectivity index (χ3v) is 2.07. The molecule has 2 rings (SSSR count). The number of nitrogens with zero attached hydrogens (tertiary/aromatic N) is 3. The van der Waals surface area contributed by atoms with Crippen LogP contribution < -0.4 is 11.3 Å². The number of anilines is 1. The average Bonchev–Trinajstić information content (AvgIpc) is 2.97. The molecule has 0 bridgehead atoms. The van der Waals surface area contributed by atoms with Crippen molar-refractivity contribution in [1.29, 1.82) is 0 Å². The van der Waals surface area contributed by atoms with Crippen LogP contribution in [0.15, 0.2) is 11.1 Å². The highest BCUT2D eigenvalue weighted by molar-refractivity contribution is 5.70. The van der Waals surface area contributed by atoms with Crippen molar-refractivity contribution >= 4 is 23.9 Å². The van der Waals surface area contributed by atoms with Crippen LogP contribution >= 0.6 is 0 Å². The molecule has 0 atom stereocenters. The van der Waals surface area contributed by atoms with Gasteiger partial charge in [-0.05, 0) is 6.42 Å². The molecule has 2 heterocycles. The van der Waals surface area contributed by atoms with Crippen LogP contribution in [0.2, 0.25) is 0 Å². The first-order valence-electron chi connectivity index (χ1n) is 6.19. The fraction of sp³-hybridized carbons (Fsp3) is 0.500. The number of nitrogens with two attached hydrogens (primary N) is 1. The standard InChI is InChI=1S/C9H13N5O2.2CH4O.CH2O/c1-2-3-16-5-14-4-11-6-7(14)12-9(10)13-8(6)15;3*1-2/h4H,2-3,5H2,1H3,(H3,10,12,13,15);2*2H,1H3;1H2. The van der Waals surface area contributed by atoms with Gasteiger partial charge in [-0.25, -0.2) is 4.98 Å². The van der Waals surface area contributed by atoms with Crippen molar-refractivity contribution in [2.24, 2.45) is 0 Å². The Labute approximate surface area is 127 Å². The molecule has 0 spiro atoms. The highest BCUT2D eigenvalue weighted by atomic mass is 16.5. The zero-order chi connectivity index (χ0) is 17.5. The first-order valence-corrected chi connectivity index (χ1v) is 6.19. The van der Waals surface area contributed by atoms with Gasteiger partial charge in [0.1, 0.15) is 13.5 Å². The van der Waals surface area contributed by atoms with E-state index in [9.17, 15) is 4.79 Å². The lowest BCUT2D eigenvalue weighted by Gasteiger charge is -2.03. The van der Waals surface area contributed by atoms with E-state index in [4.69, 9.17) is 25.5 Å². The Balaban J connectivity index is 0. The molecule has 0 aromatic carbocycles. The second kappa shape index (κ2) is 13.7. The smallest absolute Gasteiger partial charge is 0.280 e. The van der Waals surface area contributed by atoms with Crippen LogP contribution in [0.25, 0.3) is 11.2 Å². The summed E-state index contributed by atoms with van der Waals surface area (Å²) >= 11 is 0. The zero-order valence-corrected chi connectivity index (χ0v) is 12.9. The molecule has 0 saturated heterocycles. The molecule has 0 fully saturated rings. The Kier molecular flexibility index (Phi) is 13.7. The summed E-state index contributed by atoms with van der Waals surface area (Å²) in [6, 6.07) is 0. The average molecular weight is 317 g/mol. The number of aliphatic hydroxyl groups is 2. The van der Waals surface area contributed by atoms with Gasteiger partial charge < -0.3 is 25.5 Å². The summed E-state index contributed by atoms with van der Waals surface area (Å²) < 4.78 is 6.99. The molecule has 5 N–H and O–H groups in total. The van der Waals surface area contributed by atoms with Gasteiger partial charge in [0.2, 0.25) is 5.95 Å². The molecule has 10 heteroatoms. The number of imidazole rings is 1. The van der Waals surface area contributed by atoms with Crippen LogP contribution in [-0.4, -0.2) is 57.3 Å². The molecule has 0 saturated carbocycles. The third-order valence-electron chi connectivity index (χ3n) is 2.07. The number of nitrogens with one attached hydrogen (secondary N) is 1. The number of aromatic amines is 1. The number of ether oxygens (including phenoxy) is 1. The minimum atomic E-state index is -0.336. The fourth-order valence-corrected chi connectivity index (χ4v) is 1.37. The van der Waals surface area contributed by atoms with Crippen molar-refractivity contribution in [3.05, 3.63) is 16.7 Å². The van der Waals surface area contributed by atoms with Crippen molar-refractivity contribution in [2.75, 3.05) is 26.6 Å². The lowest BCUT2D eigenvalue weighted by molar-refractivity contribution is -0.0979. The molecule has 0 aliphatic heterocycles. The van der Waals surface area contributed by atoms with Crippen molar-refractivity contribution in [3.63, 3.8) is 0 Å². The van der Waals surface area contributed by atoms with Gasteiger partial charge in [-0.15, -0.1) is 0 Å². The van der Waals surface area contributed by atoms with E-state index in [1.54, 1.807) is 4.57 Å². The van der Waals surface area contributed by atoms with E-state index in [-0.39, 0.29) is 17.0 Å². The number of carbonyl (C=O) groups is 1. The third kappa shape index (κ3) is 6.43. The molecule has 126 valence electrons. The first kappa shape index (κ1) is 22.0. The number of fused-ring (bicyclic) bond motifs is 1. The Hall–Kier alpha value is -2.30. The van der Waals surface area contributed by atoms with Crippen LogP contribution in [0.4, 0.5) is 5.95 Å². The number of hydrogen-bond donors (Lipinski definition) is 4. The van der Waals surface area contributed by atoms with E-state index in [2.05, 4.69) is 15.0 Å². The lowest BCUT2D eigenvalue weighted by Crippen LogP contribution is -2.12. The van der Waals surface area contributed by atoms with Crippen LogP contribution in [0, 0.1) is 0 Å². The molecule has 2 aromatic heterocycles. The quantitative estimate of drug-likeness (QED) is 0.529. The summed E-state index contributed by atoms with van der Waals surface area (Å²) in [5.74, 6) is 0.0785. The Bertz CT molecular complexity index is 569. The highest BCUT2D eigenvalue weighted by Gasteiger charge is 2.08. The maximum atomic E-state index is 11.5.